The van der Waals surface area contributed by atoms with Gasteiger partial charge in [0.05, 0.1) is 11.8 Å². The molecule has 6 heteroatoms. The first kappa shape index (κ1) is 22.5. The number of hydrogen-bond donors (Lipinski definition) is 1. The Hall–Kier alpha value is -2.70. The Bertz CT molecular complexity index is 1100. The number of hydrazone groups is 1. The Kier molecular flexibility index (Phi) is 7.22. The Morgan fingerprint density at radius 3 is 2.50 bits per heavy atom. The van der Waals surface area contributed by atoms with Crippen LogP contribution in [-0.2, 0) is 6.42 Å². The molecule has 0 amide bonds. The first-order valence-corrected chi connectivity index (χ1v) is 11.9. The van der Waals surface area contributed by atoms with Crippen LogP contribution >= 0.6 is 28.1 Å². The Balaban J connectivity index is 1.54. The van der Waals surface area contributed by atoms with Crippen LogP contribution < -0.4 is 10.2 Å². The van der Waals surface area contributed by atoms with Crippen molar-refractivity contribution in [1.82, 2.24) is 10.3 Å². The molecule has 1 heterocycles. The van der Waals surface area contributed by atoms with Crippen LogP contribution in [0.25, 0.3) is 0 Å². The smallest absolute Gasteiger partial charge is 0.190 e. The number of anilines is 1. The number of benzene rings is 3. The summed E-state index contributed by atoms with van der Waals surface area (Å²) in [5.74, 6) is 0. The van der Waals surface area contributed by atoms with E-state index in [2.05, 4.69) is 101 Å². The van der Waals surface area contributed by atoms with Crippen molar-refractivity contribution in [2.45, 2.75) is 18.9 Å². The van der Waals surface area contributed by atoms with Gasteiger partial charge < -0.3 is 10.2 Å². The van der Waals surface area contributed by atoms with Gasteiger partial charge in [0.2, 0.25) is 0 Å². The van der Waals surface area contributed by atoms with Gasteiger partial charge in [-0.25, -0.2) is 5.01 Å². The molecule has 0 aliphatic carbocycles. The molecule has 4 rings (SSSR count). The van der Waals surface area contributed by atoms with Crippen LogP contribution in [0.15, 0.2) is 88.4 Å². The molecule has 1 aliphatic heterocycles. The molecular weight excluding hydrogens is 480 g/mol. The molecule has 1 aliphatic rings. The maximum Gasteiger partial charge on any atom is 0.190 e. The first-order valence-electron chi connectivity index (χ1n) is 10.7. The molecule has 0 spiro atoms. The number of rotatable bonds is 6. The number of halogens is 1. The normalized spacial score (nSPS) is 15.4. The van der Waals surface area contributed by atoms with Crippen LogP contribution in [0.4, 0.5) is 5.69 Å². The lowest BCUT2D eigenvalue weighted by Crippen LogP contribution is -2.37. The second-order valence-electron chi connectivity index (χ2n) is 8.08. The van der Waals surface area contributed by atoms with Gasteiger partial charge >= 0.3 is 0 Å². The molecule has 0 aromatic heterocycles. The van der Waals surface area contributed by atoms with Crippen LogP contribution in [0.3, 0.4) is 0 Å². The molecule has 0 saturated carbocycles. The summed E-state index contributed by atoms with van der Waals surface area (Å²) in [6, 6.07) is 27.5. The molecule has 0 radical (unpaired) electrons. The summed E-state index contributed by atoms with van der Waals surface area (Å²) in [5.41, 5.74) is 5.83. The van der Waals surface area contributed by atoms with Gasteiger partial charge in [-0.05, 0) is 59.6 Å². The molecule has 4 nitrogen and oxygen atoms in total. The molecule has 1 atom stereocenters. The third kappa shape index (κ3) is 5.37. The maximum absolute atomic E-state index is 5.79. The van der Waals surface area contributed by atoms with Crippen molar-refractivity contribution in [3.8, 4) is 0 Å². The quantitative estimate of drug-likeness (QED) is 0.429. The van der Waals surface area contributed by atoms with E-state index in [1.54, 1.807) is 0 Å². The largest absolute Gasteiger partial charge is 0.378 e. The molecule has 32 heavy (non-hydrogen) atoms. The van der Waals surface area contributed by atoms with Gasteiger partial charge in [-0.1, -0.05) is 70.5 Å². The van der Waals surface area contributed by atoms with Gasteiger partial charge in [0.1, 0.15) is 0 Å². The van der Waals surface area contributed by atoms with E-state index in [4.69, 9.17) is 17.3 Å². The highest BCUT2D eigenvalue weighted by Crippen LogP contribution is 2.34. The lowest BCUT2D eigenvalue weighted by molar-refractivity contribution is 0.364. The summed E-state index contributed by atoms with van der Waals surface area (Å²) < 4.78 is 1.05. The van der Waals surface area contributed by atoms with Gasteiger partial charge in [0.25, 0.3) is 0 Å². The van der Waals surface area contributed by atoms with Gasteiger partial charge in [-0.3, -0.25) is 0 Å². The zero-order chi connectivity index (χ0) is 22.5. The minimum absolute atomic E-state index is 0.0666. The van der Waals surface area contributed by atoms with Crippen molar-refractivity contribution >= 4 is 44.7 Å². The third-order valence-corrected chi connectivity index (χ3v) is 6.43. The molecule has 1 N–H and O–H groups in total. The predicted molar refractivity (Wildman–Crippen MR) is 141 cm³/mol. The Morgan fingerprint density at radius 1 is 1.06 bits per heavy atom. The predicted octanol–water partition coefficient (Wildman–Crippen LogP) is 5.78. The zero-order valence-electron chi connectivity index (χ0n) is 18.3. The van der Waals surface area contributed by atoms with Crippen molar-refractivity contribution in [3.05, 3.63) is 100 Å². The molecule has 0 bridgehead atoms. The summed E-state index contributed by atoms with van der Waals surface area (Å²) in [6.07, 6.45) is 1.72. The standard InChI is InChI=1S/C26H27BrN4S/c1-30(2)23-13-11-20(12-14-23)25-18-24(21-9-6-10-22(27)17-21)29-31(25)26(32)28-16-15-19-7-4-3-5-8-19/h3-14,17,25H,15-16,18H2,1-2H3,(H,28,32). The molecule has 164 valence electrons. The van der Waals surface area contributed by atoms with Gasteiger partial charge in [-0.2, -0.15) is 5.10 Å². The average molecular weight is 508 g/mol. The van der Waals surface area contributed by atoms with E-state index in [1.165, 1.54) is 16.8 Å². The van der Waals surface area contributed by atoms with Crippen molar-refractivity contribution in [3.63, 3.8) is 0 Å². The highest BCUT2D eigenvalue weighted by atomic mass is 79.9. The van der Waals surface area contributed by atoms with E-state index < -0.39 is 0 Å². The second kappa shape index (κ2) is 10.3. The number of nitrogens with one attached hydrogen (secondary N) is 1. The van der Waals surface area contributed by atoms with Gasteiger partial charge in [0, 0.05) is 37.2 Å². The van der Waals surface area contributed by atoms with E-state index >= 15 is 0 Å². The van der Waals surface area contributed by atoms with Crippen LogP contribution in [0, 0.1) is 0 Å². The fourth-order valence-corrected chi connectivity index (χ4v) is 4.50. The van der Waals surface area contributed by atoms with Gasteiger partial charge in [0.15, 0.2) is 5.11 Å². The number of hydrogen-bond acceptors (Lipinski definition) is 3. The highest BCUT2D eigenvalue weighted by Gasteiger charge is 2.31. The van der Waals surface area contributed by atoms with Crippen LogP contribution in [0.1, 0.15) is 29.2 Å². The van der Waals surface area contributed by atoms with Gasteiger partial charge in [-0.15, -0.1) is 0 Å². The minimum Gasteiger partial charge on any atom is -0.378 e. The van der Waals surface area contributed by atoms with E-state index in [0.717, 1.165) is 35.1 Å². The van der Waals surface area contributed by atoms with Crippen LogP contribution in [0.5, 0.6) is 0 Å². The molecule has 0 saturated heterocycles. The Morgan fingerprint density at radius 2 is 1.81 bits per heavy atom. The fourth-order valence-electron chi connectivity index (χ4n) is 3.83. The SMILES string of the molecule is CN(C)c1ccc(C2CC(c3cccc(Br)c3)=NN2C(=S)NCCc2ccccc2)cc1. The summed E-state index contributed by atoms with van der Waals surface area (Å²) in [4.78, 5) is 2.11. The molecule has 3 aromatic rings. The summed E-state index contributed by atoms with van der Waals surface area (Å²) >= 11 is 9.37. The van der Waals surface area contributed by atoms with E-state index in [0.29, 0.717) is 5.11 Å². The summed E-state index contributed by atoms with van der Waals surface area (Å²) in [6.45, 7) is 0.771. The topological polar surface area (TPSA) is 30.9 Å². The molecule has 3 aromatic carbocycles. The van der Waals surface area contributed by atoms with E-state index in [1.807, 2.05) is 23.2 Å². The van der Waals surface area contributed by atoms with Crippen molar-refractivity contribution in [1.29, 1.82) is 0 Å². The van der Waals surface area contributed by atoms with Crippen molar-refractivity contribution in [2.24, 2.45) is 5.10 Å². The first-order chi connectivity index (χ1) is 15.5. The Labute approximate surface area is 204 Å². The molecular formula is C26H27BrN4S. The molecule has 0 fully saturated rings. The monoisotopic (exact) mass is 506 g/mol. The fraction of sp³-hybridized carbons (Fsp3) is 0.231. The molecule has 1 unspecified atom stereocenters. The highest BCUT2D eigenvalue weighted by molar-refractivity contribution is 9.10. The average Bonchev–Trinajstić information content (AvgIpc) is 3.25. The van der Waals surface area contributed by atoms with Crippen molar-refractivity contribution in [2.75, 3.05) is 25.5 Å². The maximum atomic E-state index is 5.79. The number of nitrogens with zero attached hydrogens (tertiary/aromatic N) is 3. The zero-order valence-corrected chi connectivity index (χ0v) is 20.7. The summed E-state index contributed by atoms with van der Waals surface area (Å²) in [7, 11) is 4.11. The van der Waals surface area contributed by atoms with E-state index in [9.17, 15) is 0 Å². The number of thiocarbonyl (C=S) groups is 1. The van der Waals surface area contributed by atoms with E-state index in [-0.39, 0.29) is 6.04 Å². The second-order valence-corrected chi connectivity index (χ2v) is 9.38. The minimum atomic E-state index is 0.0666. The van der Waals surface area contributed by atoms with Crippen LogP contribution in [0.2, 0.25) is 0 Å². The van der Waals surface area contributed by atoms with Crippen molar-refractivity contribution < 1.29 is 0 Å². The summed E-state index contributed by atoms with van der Waals surface area (Å²) in [5, 5.41) is 11.0. The third-order valence-electron chi connectivity index (χ3n) is 5.60. The lowest BCUT2D eigenvalue weighted by atomic mass is 9.98. The lowest BCUT2D eigenvalue weighted by Gasteiger charge is -2.25. The van der Waals surface area contributed by atoms with Crippen LogP contribution in [-0.4, -0.2) is 36.5 Å².